The molecule has 0 bridgehead atoms. The molecule has 5 rings (SSSR count). The normalized spacial score (nSPS) is 24.5. The summed E-state index contributed by atoms with van der Waals surface area (Å²) >= 11 is 0. The van der Waals surface area contributed by atoms with Gasteiger partial charge < -0.3 is 15.1 Å². The van der Waals surface area contributed by atoms with Crippen LogP contribution >= 0.6 is 0 Å². The van der Waals surface area contributed by atoms with Crippen LogP contribution in [0.15, 0.2) is 47.4 Å². The summed E-state index contributed by atoms with van der Waals surface area (Å²) in [6, 6.07) is 5.13. The molecule has 2 aromatic rings. The second kappa shape index (κ2) is 8.55. The standard InChI is InChI=1S/C21H25FN8OS/c1-14-16-12-25-21(20-23-4-3-5-24-20)26-17(16)13-30(14)19-11-15(10-18(22)27-19)28-6-8-29(9-7-28)32(2)31/h3-5,10-12,14,17H,6-9,13H2,1-2H3,(H,25,26). The van der Waals surface area contributed by atoms with Gasteiger partial charge in [-0.1, -0.05) is 0 Å². The van der Waals surface area contributed by atoms with E-state index in [9.17, 15) is 8.60 Å². The Morgan fingerprint density at radius 2 is 1.91 bits per heavy atom. The molecule has 1 N–H and O–H groups in total. The van der Waals surface area contributed by atoms with Gasteiger partial charge in [-0.25, -0.2) is 23.5 Å². The quantitative estimate of drug-likeness (QED) is 0.685. The molecule has 3 unspecified atom stereocenters. The van der Waals surface area contributed by atoms with Gasteiger partial charge in [0.25, 0.3) is 0 Å². The number of aliphatic imine (C=N–C) groups is 1. The predicted octanol–water partition coefficient (Wildman–Crippen LogP) is 0.937. The van der Waals surface area contributed by atoms with E-state index >= 15 is 0 Å². The lowest BCUT2D eigenvalue weighted by molar-refractivity contribution is 0.412. The first-order valence-corrected chi connectivity index (χ1v) is 12.1. The predicted molar refractivity (Wildman–Crippen MR) is 122 cm³/mol. The average molecular weight is 457 g/mol. The van der Waals surface area contributed by atoms with E-state index in [2.05, 4.69) is 37.0 Å². The third-order valence-electron chi connectivity index (χ3n) is 6.17. The van der Waals surface area contributed by atoms with Crippen LogP contribution in [0.2, 0.25) is 0 Å². The van der Waals surface area contributed by atoms with Crippen LogP contribution in [0.1, 0.15) is 12.7 Å². The zero-order valence-electron chi connectivity index (χ0n) is 18.0. The third-order valence-corrected chi connectivity index (χ3v) is 7.26. The molecule has 3 atom stereocenters. The zero-order valence-corrected chi connectivity index (χ0v) is 18.8. The SMILES string of the molecule is CC1C2=CNC(c3ncccn3)=NC2CN1c1cc(N2CCN(S(C)=O)CC2)cc(F)n1. The number of nitrogens with zero attached hydrogens (tertiary/aromatic N) is 7. The molecule has 5 heterocycles. The fourth-order valence-corrected chi connectivity index (χ4v) is 5.10. The highest BCUT2D eigenvalue weighted by Crippen LogP contribution is 2.33. The molecule has 3 aliphatic rings. The highest BCUT2D eigenvalue weighted by molar-refractivity contribution is 7.81. The molecule has 0 saturated carbocycles. The second-order valence-electron chi connectivity index (χ2n) is 8.03. The number of aromatic nitrogens is 3. The summed E-state index contributed by atoms with van der Waals surface area (Å²) < 4.78 is 28.2. The number of amidine groups is 1. The molecule has 2 fully saturated rings. The van der Waals surface area contributed by atoms with Gasteiger partial charge in [-0.15, -0.1) is 0 Å². The van der Waals surface area contributed by atoms with E-state index in [0.717, 1.165) is 11.3 Å². The number of fused-ring (bicyclic) bond motifs is 1. The van der Waals surface area contributed by atoms with Crippen molar-refractivity contribution in [3.63, 3.8) is 0 Å². The summed E-state index contributed by atoms with van der Waals surface area (Å²) in [6.07, 6.45) is 7.02. The number of piperazine rings is 1. The minimum atomic E-state index is -0.982. The summed E-state index contributed by atoms with van der Waals surface area (Å²) in [7, 11) is -0.982. The summed E-state index contributed by atoms with van der Waals surface area (Å²) in [4.78, 5) is 21.7. The molecule has 11 heteroatoms. The highest BCUT2D eigenvalue weighted by Gasteiger charge is 2.37. The number of rotatable bonds is 4. The first-order chi connectivity index (χ1) is 15.5. The van der Waals surface area contributed by atoms with Crippen molar-refractivity contribution in [2.75, 3.05) is 48.8 Å². The van der Waals surface area contributed by atoms with Crippen molar-refractivity contribution < 1.29 is 8.60 Å². The van der Waals surface area contributed by atoms with Gasteiger partial charge >= 0.3 is 0 Å². The molecule has 2 aromatic heterocycles. The summed E-state index contributed by atoms with van der Waals surface area (Å²) in [5.74, 6) is 1.27. The largest absolute Gasteiger partial charge is 0.369 e. The lowest BCUT2D eigenvalue weighted by Crippen LogP contribution is -2.46. The van der Waals surface area contributed by atoms with Gasteiger partial charge in [0.15, 0.2) is 11.7 Å². The maximum absolute atomic E-state index is 14.5. The first-order valence-electron chi connectivity index (χ1n) is 10.6. The van der Waals surface area contributed by atoms with Crippen molar-refractivity contribution >= 4 is 28.3 Å². The van der Waals surface area contributed by atoms with E-state index in [0.29, 0.717) is 50.2 Å². The Morgan fingerprint density at radius 3 is 2.62 bits per heavy atom. The minimum absolute atomic E-state index is 0.0241. The Hall–Kier alpha value is -2.92. The van der Waals surface area contributed by atoms with E-state index in [4.69, 9.17) is 4.99 Å². The Kier molecular flexibility index (Phi) is 5.60. The van der Waals surface area contributed by atoms with Gasteiger partial charge in [-0.05, 0) is 18.6 Å². The van der Waals surface area contributed by atoms with Crippen LogP contribution in [0.4, 0.5) is 15.9 Å². The smallest absolute Gasteiger partial charge is 0.216 e. The van der Waals surface area contributed by atoms with Crippen LogP contribution in [0.3, 0.4) is 0 Å². The summed E-state index contributed by atoms with van der Waals surface area (Å²) in [5, 5.41) is 3.20. The van der Waals surface area contributed by atoms with Crippen LogP contribution in [-0.4, -0.2) is 80.4 Å². The molecule has 168 valence electrons. The lowest BCUT2D eigenvalue weighted by Gasteiger charge is -2.35. The number of hydrogen-bond acceptors (Lipinski definition) is 8. The number of nitrogens with one attached hydrogen (secondary N) is 1. The molecule has 0 aromatic carbocycles. The maximum atomic E-state index is 14.5. The van der Waals surface area contributed by atoms with Crippen molar-refractivity contribution in [3.8, 4) is 0 Å². The Labute approximate surface area is 188 Å². The van der Waals surface area contributed by atoms with Crippen LogP contribution in [-0.2, 0) is 11.0 Å². The molecular weight excluding hydrogens is 431 g/mol. The van der Waals surface area contributed by atoms with Crippen molar-refractivity contribution in [1.82, 2.24) is 24.6 Å². The van der Waals surface area contributed by atoms with E-state index in [1.807, 2.05) is 16.6 Å². The topological polar surface area (TPSA) is 89.9 Å². The summed E-state index contributed by atoms with van der Waals surface area (Å²) in [5.41, 5.74) is 1.92. The zero-order chi connectivity index (χ0) is 22.2. The molecule has 3 aliphatic heterocycles. The van der Waals surface area contributed by atoms with Crippen molar-refractivity contribution in [2.45, 2.75) is 19.0 Å². The molecule has 0 spiro atoms. The highest BCUT2D eigenvalue weighted by atomic mass is 32.2. The molecular formula is C21H25FN8OS. The Morgan fingerprint density at radius 1 is 1.16 bits per heavy atom. The van der Waals surface area contributed by atoms with Gasteiger partial charge in [-0.3, -0.25) is 4.99 Å². The Balaban J connectivity index is 1.37. The van der Waals surface area contributed by atoms with Gasteiger partial charge in [0.2, 0.25) is 5.95 Å². The van der Waals surface area contributed by atoms with Gasteiger partial charge in [0.05, 0.1) is 23.1 Å². The molecule has 0 radical (unpaired) electrons. The van der Waals surface area contributed by atoms with Crippen molar-refractivity contribution in [2.24, 2.45) is 4.99 Å². The van der Waals surface area contributed by atoms with E-state index in [1.165, 1.54) is 6.07 Å². The van der Waals surface area contributed by atoms with Crippen LogP contribution in [0, 0.1) is 5.95 Å². The minimum Gasteiger partial charge on any atom is -0.369 e. The number of pyridine rings is 1. The molecule has 9 nitrogen and oxygen atoms in total. The number of anilines is 2. The first kappa shape index (κ1) is 21.0. The lowest BCUT2D eigenvalue weighted by atomic mass is 10.1. The van der Waals surface area contributed by atoms with Gasteiger partial charge in [-0.2, -0.15) is 4.39 Å². The molecule has 0 aliphatic carbocycles. The second-order valence-corrected chi connectivity index (χ2v) is 9.39. The number of halogens is 1. The number of hydrogen-bond donors (Lipinski definition) is 1. The van der Waals surface area contributed by atoms with Crippen LogP contribution in [0.25, 0.3) is 0 Å². The van der Waals surface area contributed by atoms with E-state index in [-0.39, 0.29) is 12.1 Å². The van der Waals surface area contributed by atoms with Crippen molar-refractivity contribution in [1.29, 1.82) is 0 Å². The Bertz CT molecular complexity index is 1090. The molecule has 32 heavy (non-hydrogen) atoms. The van der Waals surface area contributed by atoms with E-state index in [1.54, 1.807) is 24.7 Å². The summed E-state index contributed by atoms with van der Waals surface area (Å²) in [6.45, 7) is 5.43. The van der Waals surface area contributed by atoms with Crippen LogP contribution < -0.4 is 15.1 Å². The monoisotopic (exact) mass is 456 g/mol. The fourth-order valence-electron chi connectivity index (χ4n) is 4.42. The van der Waals surface area contributed by atoms with Crippen LogP contribution in [0.5, 0.6) is 0 Å². The molecule has 2 saturated heterocycles. The van der Waals surface area contributed by atoms with Crippen molar-refractivity contribution in [3.05, 3.63) is 54.1 Å². The maximum Gasteiger partial charge on any atom is 0.216 e. The van der Waals surface area contributed by atoms with E-state index < -0.39 is 16.9 Å². The average Bonchev–Trinajstić information content (AvgIpc) is 3.15. The fraction of sp³-hybridized carbons (Fsp3) is 0.429. The third kappa shape index (κ3) is 3.97. The van der Waals surface area contributed by atoms with Gasteiger partial charge in [0, 0.05) is 75.4 Å². The molecule has 0 amide bonds. The van der Waals surface area contributed by atoms with Gasteiger partial charge in [0.1, 0.15) is 5.82 Å².